The second-order valence-corrected chi connectivity index (χ2v) is 12.3. The van der Waals surface area contributed by atoms with Crippen molar-refractivity contribution in [1.82, 2.24) is 20.2 Å². The van der Waals surface area contributed by atoms with Gasteiger partial charge in [-0.1, -0.05) is 43.7 Å². The van der Waals surface area contributed by atoms with Crippen LogP contribution in [0.4, 0.5) is 10.5 Å². The average Bonchev–Trinajstić information content (AvgIpc) is 3.73. The van der Waals surface area contributed by atoms with Crippen molar-refractivity contribution in [3.8, 4) is 0 Å². The van der Waals surface area contributed by atoms with Crippen LogP contribution in [0.25, 0.3) is 0 Å². The number of aliphatic hydroxyl groups excluding tert-OH is 1. The van der Waals surface area contributed by atoms with Crippen molar-refractivity contribution >= 4 is 35.3 Å². The SMILES string of the molecule is CC1=C[C@@H](O)CC(=O)Cc2nc(co2)CC(=O)N2CCC[C@@H]2C(=O)O[C@H]([C@H](C)COC(=O)Nc2cccnc2)[C@H](C)/C=C/C(=O)NCC=C1. The third-order valence-electron chi connectivity index (χ3n) is 8.06. The van der Waals surface area contributed by atoms with E-state index in [9.17, 15) is 29.1 Å². The van der Waals surface area contributed by atoms with Gasteiger partial charge in [-0.05, 0) is 38.0 Å². The number of allylic oxidation sites excluding steroid dienone is 2. The summed E-state index contributed by atoms with van der Waals surface area (Å²) in [6.07, 6.45) is 10.2. The number of Topliss-reactive ketones (excluding diaryl/α,β-unsaturated/α-hetero) is 1. The molecule has 5 atom stereocenters. The van der Waals surface area contributed by atoms with Crippen LogP contribution in [0.5, 0.6) is 0 Å². The Morgan fingerprint density at radius 2 is 2.04 bits per heavy atom. The lowest BCUT2D eigenvalue weighted by Crippen LogP contribution is -2.45. The zero-order valence-electron chi connectivity index (χ0n) is 27.9. The maximum atomic E-state index is 13.6. The van der Waals surface area contributed by atoms with E-state index in [-0.39, 0.29) is 55.9 Å². The lowest BCUT2D eigenvalue weighted by molar-refractivity contribution is -0.162. The Hall–Kier alpha value is -5.11. The molecular formula is C35H43N5O9. The number of nitrogens with one attached hydrogen (secondary N) is 2. The van der Waals surface area contributed by atoms with Crippen LogP contribution in [0.1, 0.15) is 51.6 Å². The fraction of sp³-hybridized carbons (Fsp3) is 0.457. The number of aromatic nitrogens is 2. The van der Waals surface area contributed by atoms with E-state index in [1.807, 2.05) is 0 Å². The summed E-state index contributed by atoms with van der Waals surface area (Å²) in [5.74, 6) is -2.50. The number of hydrogen-bond acceptors (Lipinski definition) is 11. The summed E-state index contributed by atoms with van der Waals surface area (Å²) in [6, 6.07) is 2.48. The number of carbonyl (C=O) groups excluding carboxylic acids is 5. The van der Waals surface area contributed by atoms with E-state index >= 15 is 0 Å². The smallest absolute Gasteiger partial charge is 0.411 e. The molecule has 49 heavy (non-hydrogen) atoms. The number of carbonyl (C=O) groups is 5. The number of cyclic esters (lactones) is 1. The normalized spacial score (nSPS) is 24.5. The Morgan fingerprint density at radius 1 is 1.22 bits per heavy atom. The van der Waals surface area contributed by atoms with Crippen LogP contribution in [0.2, 0.25) is 0 Å². The van der Waals surface area contributed by atoms with Crippen LogP contribution >= 0.6 is 0 Å². The standard InChI is InChI=1S/C35H43N5O9/c1-22-7-4-13-37-30(43)11-10-23(2)33(24(3)20-48-35(46)39-25-8-5-12-36-19-25)49-34(45)29-9-6-14-40(29)32(44)16-26-21-47-31(38-26)18-28(42)17-27(41)15-22/h4-5,7-8,10-12,15,19,21,23-24,27,29,33,41H,6,9,13-14,16-18,20H2,1-3H3,(H,37,43)(H,39,46)/b7-4?,11-10+,22-15?/t23-,24-,27-,29-,33+/m1/s1. The van der Waals surface area contributed by atoms with Crippen molar-refractivity contribution in [3.05, 3.63) is 78.3 Å². The van der Waals surface area contributed by atoms with E-state index in [0.29, 0.717) is 36.3 Å². The van der Waals surface area contributed by atoms with Gasteiger partial charge < -0.3 is 29.2 Å². The van der Waals surface area contributed by atoms with Crippen LogP contribution in [-0.2, 0) is 41.5 Å². The molecule has 4 heterocycles. The predicted molar refractivity (Wildman–Crippen MR) is 177 cm³/mol. The Labute approximate surface area is 284 Å². The fourth-order valence-electron chi connectivity index (χ4n) is 5.63. The molecule has 0 saturated carbocycles. The number of pyridine rings is 1. The quantitative estimate of drug-likeness (QED) is 0.403. The van der Waals surface area contributed by atoms with Gasteiger partial charge in [-0.15, -0.1) is 0 Å². The van der Waals surface area contributed by atoms with Gasteiger partial charge in [0.25, 0.3) is 0 Å². The molecule has 2 aliphatic rings. The Kier molecular flexibility index (Phi) is 13.4. The first-order valence-electron chi connectivity index (χ1n) is 16.3. The highest BCUT2D eigenvalue weighted by Gasteiger charge is 2.38. The number of fused-ring (bicyclic) bond motifs is 3. The summed E-state index contributed by atoms with van der Waals surface area (Å²) in [4.78, 5) is 74.2. The van der Waals surface area contributed by atoms with Gasteiger partial charge >= 0.3 is 12.1 Å². The van der Waals surface area contributed by atoms with Crippen molar-refractivity contribution in [2.75, 3.05) is 25.0 Å². The second kappa shape index (κ2) is 17.9. The summed E-state index contributed by atoms with van der Waals surface area (Å²) in [7, 11) is 0. The van der Waals surface area contributed by atoms with Crippen LogP contribution in [0.15, 0.2) is 71.2 Å². The predicted octanol–water partition coefficient (Wildman–Crippen LogP) is 3.09. The summed E-state index contributed by atoms with van der Waals surface area (Å²) in [5.41, 5.74) is 1.46. The van der Waals surface area contributed by atoms with E-state index < -0.39 is 42.1 Å². The lowest BCUT2D eigenvalue weighted by atomic mass is 9.93. The zero-order valence-corrected chi connectivity index (χ0v) is 27.9. The van der Waals surface area contributed by atoms with Crippen molar-refractivity contribution in [3.63, 3.8) is 0 Å². The van der Waals surface area contributed by atoms with Crippen molar-refractivity contribution in [2.45, 2.75) is 71.1 Å². The van der Waals surface area contributed by atoms with Gasteiger partial charge in [0, 0.05) is 37.5 Å². The lowest BCUT2D eigenvalue weighted by Gasteiger charge is -2.30. The zero-order chi connectivity index (χ0) is 35.3. The van der Waals surface area contributed by atoms with Crippen LogP contribution < -0.4 is 10.6 Å². The third kappa shape index (κ3) is 11.5. The summed E-state index contributed by atoms with van der Waals surface area (Å²) < 4.78 is 16.9. The van der Waals surface area contributed by atoms with Crippen LogP contribution in [-0.4, -0.2) is 87.6 Å². The van der Waals surface area contributed by atoms with Crippen LogP contribution in [0.3, 0.4) is 0 Å². The molecule has 0 aromatic carbocycles. The molecule has 2 aromatic rings. The number of hydrogen-bond donors (Lipinski definition) is 3. The van der Waals surface area contributed by atoms with Gasteiger partial charge in [0.2, 0.25) is 17.7 Å². The summed E-state index contributed by atoms with van der Waals surface area (Å²) >= 11 is 0. The first kappa shape index (κ1) is 36.7. The number of rotatable bonds is 4. The van der Waals surface area contributed by atoms with Gasteiger partial charge in [0.15, 0.2) is 0 Å². The maximum Gasteiger partial charge on any atom is 0.411 e. The van der Waals surface area contributed by atoms with Crippen LogP contribution in [0, 0.1) is 11.8 Å². The van der Waals surface area contributed by atoms with Gasteiger partial charge in [-0.2, -0.15) is 0 Å². The number of ketones is 1. The van der Waals surface area contributed by atoms with Gasteiger partial charge in [-0.3, -0.25) is 24.7 Å². The molecule has 0 radical (unpaired) electrons. The molecule has 1 saturated heterocycles. The van der Waals surface area contributed by atoms with Crippen molar-refractivity contribution in [1.29, 1.82) is 0 Å². The average molecular weight is 678 g/mol. The molecule has 2 bridgehead atoms. The topological polar surface area (TPSA) is 190 Å². The minimum Gasteiger partial charge on any atom is -0.460 e. The number of oxazole rings is 1. The number of esters is 1. The summed E-state index contributed by atoms with van der Waals surface area (Å²) in [5, 5.41) is 15.7. The van der Waals surface area contributed by atoms with E-state index in [1.54, 1.807) is 57.3 Å². The third-order valence-corrected chi connectivity index (χ3v) is 8.06. The minimum absolute atomic E-state index is 0.106. The Balaban J connectivity index is 1.52. The van der Waals surface area contributed by atoms with E-state index in [1.165, 1.54) is 29.5 Å². The Bertz CT molecular complexity index is 1570. The molecule has 14 nitrogen and oxygen atoms in total. The maximum absolute atomic E-state index is 13.6. The van der Waals surface area contributed by atoms with E-state index in [4.69, 9.17) is 13.9 Å². The largest absolute Gasteiger partial charge is 0.460 e. The highest BCUT2D eigenvalue weighted by atomic mass is 16.6. The Morgan fingerprint density at radius 3 is 2.82 bits per heavy atom. The molecule has 0 spiro atoms. The van der Waals surface area contributed by atoms with E-state index in [0.717, 1.165) is 0 Å². The monoisotopic (exact) mass is 677 g/mol. The number of ether oxygens (including phenoxy) is 2. The van der Waals surface area contributed by atoms with Gasteiger partial charge in [-0.25, -0.2) is 14.6 Å². The molecule has 3 amide bonds. The number of nitrogens with zero attached hydrogens (tertiary/aromatic N) is 3. The molecule has 262 valence electrons. The highest BCUT2D eigenvalue weighted by Crippen LogP contribution is 2.25. The molecule has 1 fully saturated rings. The highest BCUT2D eigenvalue weighted by molar-refractivity contribution is 5.88. The molecule has 4 rings (SSSR count). The number of aliphatic hydroxyl groups is 1. The molecule has 0 unspecified atom stereocenters. The van der Waals surface area contributed by atoms with Crippen molar-refractivity contribution in [2.24, 2.45) is 11.8 Å². The van der Waals surface area contributed by atoms with Crippen molar-refractivity contribution < 1.29 is 43.0 Å². The minimum atomic E-state index is -1.03. The molecule has 2 aromatic heterocycles. The number of anilines is 1. The van der Waals surface area contributed by atoms with Gasteiger partial charge in [0.1, 0.15) is 24.2 Å². The first-order valence-corrected chi connectivity index (χ1v) is 16.3. The van der Waals surface area contributed by atoms with E-state index in [2.05, 4.69) is 20.6 Å². The molecule has 0 aliphatic carbocycles. The number of amides is 3. The summed E-state index contributed by atoms with van der Waals surface area (Å²) in [6.45, 7) is 5.73. The second-order valence-electron chi connectivity index (χ2n) is 12.3. The van der Waals surface area contributed by atoms with Gasteiger partial charge in [0.05, 0.1) is 43.1 Å². The first-order chi connectivity index (χ1) is 23.5. The molecule has 2 aliphatic heterocycles. The molecule has 14 heteroatoms. The molecule has 3 N–H and O–H groups in total. The molecular weight excluding hydrogens is 634 g/mol. The fourth-order valence-corrected chi connectivity index (χ4v) is 5.63.